The molecule has 2 atom stereocenters. The van der Waals surface area contributed by atoms with Gasteiger partial charge < -0.3 is 10.6 Å². The minimum atomic E-state index is 0.103. The second-order valence-corrected chi connectivity index (χ2v) is 3.87. The van der Waals surface area contributed by atoms with Crippen LogP contribution in [0.1, 0.15) is 33.1 Å². The Morgan fingerprint density at radius 1 is 1.62 bits per heavy atom. The van der Waals surface area contributed by atoms with Crippen molar-refractivity contribution in [3.8, 4) is 0 Å². The lowest BCUT2D eigenvalue weighted by Crippen LogP contribution is -2.39. The van der Waals surface area contributed by atoms with Crippen molar-refractivity contribution in [2.45, 2.75) is 39.2 Å². The standard InChI is InChI=1S/C10H20N2O/c1-3-4-9-5-6-12(8(9)2)10(13)7-11/h8-9H,3-7,11H2,1-2H3/t8?,9-/m0/s1. The van der Waals surface area contributed by atoms with E-state index in [0.29, 0.717) is 12.0 Å². The van der Waals surface area contributed by atoms with Gasteiger partial charge in [0.05, 0.1) is 6.54 Å². The minimum absolute atomic E-state index is 0.103. The smallest absolute Gasteiger partial charge is 0.236 e. The van der Waals surface area contributed by atoms with Gasteiger partial charge in [-0.2, -0.15) is 0 Å². The fraction of sp³-hybridized carbons (Fsp3) is 0.900. The van der Waals surface area contributed by atoms with Crippen molar-refractivity contribution in [3.63, 3.8) is 0 Å². The van der Waals surface area contributed by atoms with E-state index in [2.05, 4.69) is 13.8 Å². The topological polar surface area (TPSA) is 46.3 Å². The third-order valence-electron chi connectivity index (χ3n) is 3.07. The van der Waals surface area contributed by atoms with Crippen LogP contribution in [0.15, 0.2) is 0 Å². The van der Waals surface area contributed by atoms with Gasteiger partial charge in [-0.25, -0.2) is 0 Å². The molecule has 0 aliphatic carbocycles. The highest BCUT2D eigenvalue weighted by Crippen LogP contribution is 2.27. The van der Waals surface area contributed by atoms with Crippen molar-refractivity contribution in [1.82, 2.24) is 4.90 Å². The van der Waals surface area contributed by atoms with Crippen LogP contribution in [0.3, 0.4) is 0 Å². The van der Waals surface area contributed by atoms with E-state index < -0.39 is 0 Å². The maximum atomic E-state index is 11.4. The Morgan fingerprint density at radius 2 is 2.31 bits per heavy atom. The summed E-state index contributed by atoms with van der Waals surface area (Å²) >= 11 is 0. The number of hydrogen-bond acceptors (Lipinski definition) is 2. The van der Waals surface area contributed by atoms with Gasteiger partial charge in [0.1, 0.15) is 0 Å². The first kappa shape index (κ1) is 10.5. The van der Waals surface area contributed by atoms with Crippen molar-refractivity contribution in [2.75, 3.05) is 13.1 Å². The van der Waals surface area contributed by atoms with Crippen LogP contribution in [0.4, 0.5) is 0 Å². The molecule has 0 saturated carbocycles. The predicted molar refractivity (Wildman–Crippen MR) is 53.2 cm³/mol. The Kier molecular flexibility index (Phi) is 3.72. The van der Waals surface area contributed by atoms with E-state index in [1.165, 1.54) is 12.8 Å². The van der Waals surface area contributed by atoms with Crippen molar-refractivity contribution in [3.05, 3.63) is 0 Å². The molecule has 0 radical (unpaired) electrons. The van der Waals surface area contributed by atoms with E-state index in [1.807, 2.05) is 4.90 Å². The van der Waals surface area contributed by atoms with Crippen LogP contribution in [0, 0.1) is 5.92 Å². The molecule has 0 aromatic heterocycles. The van der Waals surface area contributed by atoms with Crippen LogP contribution >= 0.6 is 0 Å². The molecule has 3 nitrogen and oxygen atoms in total. The van der Waals surface area contributed by atoms with Crippen LogP contribution in [-0.4, -0.2) is 29.9 Å². The van der Waals surface area contributed by atoms with Crippen molar-refractivity contribution < 1.29 is 4.79 Å². The summed E-state index contributed by atoms with van der Waals surface area (Å²) in [6.45, 7) is 5.39. The van der Waals surface area contributed by atoms with Gasteiger partial charge in [0, 0.05) is 12.6 Å². The van der Waals surface area contributed by atoms with Gasteiger partial charge in [-0.3, -0.25) is 4.79 Å². The molecule has 0 aromatic carbocycles. The lowest BCUT2D eigenvalue weighted by molar-refractivity contribution is -0.130. The Balaban J connectivity index is 2.49. The Bertz CT molecular complexity index is 182. The Morgan fingerprint density at radius 3 is 2.85 bits per heavy atom. The molecule has 3 heteroatoms. The molecule has 1 amide bonds. The number of carbonyl (C=O) groups excluding carboxylic acids is 1. The number of amides is 1. The highest BCUT2D eigenvalue weighted by molar-refractivity contribution is 5.78. The molecule has 1 rings (SSSR count). The summed E-state index contributed by atoms with van der Waals surface area (Å²) in [5.74, 6) is 0.798. The third-order valence-corrected chi connectivity index (χ3v) is 3.07. The van der Waals surface area contributed by atoms with Crippen LogP contribution in [-0.2, 0) is 4.79 Å². The van der Waals surface area contributed by atoms with Crippen molar-refractivity contribution in [2.24, 2.45) is 11.7 Å². The summed E-state index contributed by atoms with van der Waals surface area (Å²) in [7, 11) is 0. The quantitative estimate of drug-likeness (QED) is 0.710. The molecule has 1 unspecified atom stereocenters. The van der Waals surface area contributed by atoms with Crippen LogP contribution < -0.4 is 5.73 Å². The molecule has 1 fully saturated rings. The molecule has 1 heterocycles. The van der Waals surface area contributed by atoms with E-state index in [1.54, 1.807) is 0 Å². The Hall–Kier alpha value is -0.570. The number of nitrogens with zero attached hydrogens (tertiary/aromatic N) is 1. The molecule has 1 aliphatic heterocycles. The normalized spacial score (nSPS) is 28.1. The van der Waals surface area contributed by atoms with Gasteiger partial charge in [0.15, 0.2) is 0 Å². The molecule has 2 N–H and O–H groups in total. The minimum Gasteiger partial charge on any atom is -0.339 e. The summed E-state index contributed by atoms with van der Waals surface area (Å²) < 4.78 is 0. The zero-order valence-electron chi connectivity index (χ0n) is 8.62. The molecule has 0 spiro atoms. The van der Waals surface area contributed by atoms with Crippen molar-refractivity contribution >= 4 is 5.91 Å². The highest BCUT2D eigenvalue weighted by atomic mass is 16.2. The lowest BCUT2D eigenvalue weighted by atomic mass is 9.96. The van der Waals surface area contributed by atoms with Crippen molar-refractivity contribution in [1.29, 1.82) is 0 Å². The van der Waals surface area contributed by atoms with E-state index in [-0.39, 0.29) is 12.5 Å². The molecule has 0 aromatic rings. The fourth-order valence-electron chi connectivity index (χ4n) is 2.23. The first-order valence-corrected chi connectivity index (χ1v) is 5.20. The Labute approximate surface area is 80.3 Å². The monoisotopic (exact) mass is 184 g/mol. The van der Waals surface area contributed by atoms with E-state index in [0.717, 1.165) is 13.0 Å². The number of rotatable bonds is 3. The van der Waals surface area contributed by atoms with Gasteiger partial charge in [-0.15, -0.1) is 0 Å². The lowest BCUT2D eigenvalue weighted by Gasteiger charge is -2.24. The van der Waals surface area contributed by atoms with E-state index >= 15 is 0 Å². The second-order valence-electron chi connectivity index (χ2n) is 3.87. The van der Waals surface area contributed by atoms with Crippen LogP contribution in [0.5, 0.6) is 0 Å². The fourth-order valence-corrected chi connectivity index (χ4v) is 2.23. The number of nitrogens with two attached hydrogens (primary N) is 1. The van der Waals surface area contributed by atoms with Gasteiger partial charge in [0.2, 0.25) is 5.91 Å². The first-order valence-electron chi connectivity index (χ1n) is 5.20. The summed E-state index contributed by atoms with van der Waals surface area (Å²) in [5.41, 5.74) is 5.34. The van der Waals surface area contributed by atoms with Gasteiger partial charge >= 0.3 is 0 Å². The largest absolute Gasteiger partial charge is 0.339 e. The molecule has 76 valence electrons. The number of hydrogen-bond donors (Lipinski definition) is 1. The predicted octanol–water partition coefficient (Wildman–Crippen LogP) is 0.982. The number of likely N-dealkylation sites (tertiary alicyclic amines) is 1. The average Bonchev–Trinajstić information content (AvgIpc) is 2.48. The first-order chi connectivity index (χ1) is 6.20. The molecule has 13 heavy (non-hydrogen) atoms. The molecule has 1 aliphatic rings. The van der Waals surface area contributed by atoms with Gasteiger partial charge in [-0.1, -0.05) is 13.3 Å². The number of carbonyl (C=O) groups is 1. The van der Waals surface area contributed by atoms with Gasteiger partial charge in [-0.05, 0) is 25.7 Å². The summed E-state index contributed by atoms with van der Waals surface area (Å²) in [4.78, 5) is 13.3. The van der Waals surface area contributed by atoms with Crippen LogP contribution in [0.25, 0.3) is 0 Å². The van der Waals surface area contributed by atoms with E-state index in [9.17, 15) is 4.79 Å². The SMILES string of the molecule is CCC[C@H]1CCN(C(=O)CN)C1C. The van der Waals surface area contributed by atoms with E-state index in [4.69, 9.17) is 5.73 Å². The summed E-state index contributed by atoms with van der Waals surface area (Å²) in [6, 6.07) is 0.399. The molecular formula is C10H20N2O. The van der Waals surface area contributed by atoms with Crippen LogP contribution in [0.2, 0.25) is 0 Å². The average molecular weight is 184 g/mol. The second kappa shape index (κ2) is 4.61. The molecular weight excluding hydrogens is 164 g/mol. The van der Waals surface area contributed by atoms with Gasteiger partial charge in [0.25, 0.3) is 0 Å². The summed E-state index contributed by atoms with van der Waals surface area (Å²) in [6.07, 6.45) is 3.59. The third kappa shape index (κ3) is 2.21. The summed E-state index contributed by atoms with van der Waals surface area (Å²) in [5, 5.41) is 0. The maximum absolute atomic E-state index is 11.4. The molecule has 0 bridgehead atoms. The zero-order valence-corrected chi connectivity index (χ0v) is 8.62. The molecule has 1 saturated heterocycles. The zero-order chi connectivity index (χ0) is 9.84. The highest BCUT2D eigenvalue weighted by Gasteiger charge is 2.32. The maximum Gasteiger partial charge on any atom is 0.236 e.